The third kappa shape index (κ3) is 4.07. The van der Waals surface area contributed by atoms with Gasteiger partial charge in [-0.25, -0.2) is 9.48 Å². The molecule has 0 amide bonds. The standard InChI is InChI=1S/C22H30ClN2/c1-9-20(19(23)10-15(2)3)25-14-24(13-22(25,7)8)21-17(5)11-16(4)12-18(21)6/h9-12,14H,2,13H2,1,3-8H3/q+1/b19-10+,20-9-. The van der Waals surface area contributed by atoms with E-state index < -0.39 is 0 Å². The van der Waals surface area contributed by atoms with Crippen molar-refractivity contribution in [3.63, 3.8) is 0 Å². The molecule has 0 atom stereocenters. The van der Waals surface area contributed by atoms with Crippen LogP contribution < -0.4 is 4.90 Å². The average molecular weight is 358 g/mol. The Bertz CT molecular complexity index is 771. The maximum atomic E-state index is 6.58. The summed E-state index contributed by atoms with van der Waals surface area (Å²) in [6.45, 7) is 19.8. The molecular formula is C22H30ClN2+. The monoisotopic (exact) mass is 357 g/mol. The summed E-state index contributed by atoms with van der Waals surface area (Å²) < 4.78 is 2.27. The average Bonchev–Trinajstić information content (AvgIpc) is 2.73. The van der Waals surface area contributed by atoms with Crippen molar-refractivity contribution in [3.05, 3.63) is 63.9 Å². The van der Waals surface area contributed by atoms with Crippen molar-refractivity contribution in [2.75, 3.05) is 11.4 Å². The Kier molecular flexibility index (Phi) is 5.63. The first-order valence-electron chi connectivity index (χ1n) is 8.75. The first-order valence-corrected chi connectivity index (χ1v) is 9.13. The van der Waals surface area contributed by atoms with Gasteiger partial charge < -0.3 is 0 Å². The van der Waals surface area contributed by atoms with Crippen LogP contribution >= 0.6 is 11.6 Å². The number of nitrogens with zero attached hydrogens (tertiary/aromatic N) is 2. The molecule has 0 saturated heterocycles. The first-order chi connectivity index (χ1) is 11.6. The van der Waals surface area contributed by atoms with Gasteiger partial charge in [-0.05, 0) is 71.7 Å². The zero-order valence-corrected chi connectivity index (χ0v) is 17.3. The molecule has 0 radical (unpaired) electrons. The smallest absolute Gasteiger partial charge is 0.229 e. The van der Waals surface area contributed by atoms with Gasteiger partial charge in [0, 0.05) is 0 Å². The highest BCUT2D eigenvalue weighted by atomic mass is 35.5. The van der Waals surface area contributed by atoms with Crippen molar-refractivity contribution >= 4 is 23.6 Å². The molecule has 0 aromatic heterocycles. The van der Waals surface area contributed by atoms with E-state index >= 15 is 0 Å². The molecule has 0 unspecified atom stereocenters. The van der Waals surface area contributed by atoms with Gasteiger partial charge in [0.1, 0.15) is 23.5 Å². The molecule has 1 aromatic carbocycles. The minimum Gasteiger partial charge on any atom is -0.229 e. The number of rotatable bonds is 4. The number of allylic oxidation sites excluding steroid dienone is 4. The van der Waals surface area contributed by atoms with E-state index in [1.54, 1.807) is 0 Å². The van der Waals surface area contributed by atoms with E-state index in [1.807, 2.05) is 19.9 Å². The predicted molar refractivity (Wildman–Crippen MR) is 111 cm³/mol. The second-order valence-electron chi connectivity index (χ2n) is 7.69. The minimum atomic E-state index is -0.0608. The van der Waals surface area contributed by atoms with E-state index in [0.29, 0.717) is 0 Å². The molecule has 25 heavy (non-hydrogen) atoms. The van der Waals surface area contributed by atoms with Crippen molar-refractivity contribution in [2.45, 2.75) is 54.0 Å². The summed E-state index contributed by atoms with van der Waals surface area (Å²) >= 11 is 6.58. The lowest BCUT2D eigenvalue weighted by atomic mass is 10.0. The molecule has 134 valence electrons. The van der Waals surface area contributed by atoms with Crippen LogP contribution in [0.1, 0.15) is 44.4 Å². The molecule has 2 rings (SSSR count). The van der Waals surface area contributed by atoms with Crippen LogP contribution in [0.15, 0.2) is 47.2 Å². The van der Waals surface area contributed by atoms with Gasteiger partial charge in [-0.3, -0.25) is 0 Å². The highest BCUT2D eigenvalue weighted by Gasteiger charge is 2.42. The van der Waals surface area contributed by atoms with Gasteiger partial charge in [0.05, 0.1) is 5.03 Å². The van der Waals surface area contributed by atoms with Crippen molar-refractivity contribution in [3.8, 4) is 0 Å². The van der Waals surface area contributed by atoms with Crippen LogP contribution in [0, 0.1) is 20.8 Å². The summed E-state index contributed by atoms with van der Waals surface area (Å²) in [6.07, 6.45) is 6.18. The van der Waals surface area contributed by atoms with E-state index in [9.17, 15) is 0 Å². The second-order valence-corrected chi connectivity index (χ2v) is 8.09. The summed E-state index contributed by atoms with van der Waals surface area (Å²) in [7, 11) is 0. The van der Waals surface area contributed by atoms with Crippen molar-refractivity contribution in [2.24, 2.45) is 0 Å². The number of halogens is 1. The summed E-state index contributed by atoms with van der Waals surface area (Å²) in [5, 5.41) is 0.721. The molecule has 0 aliphatic carbocycles. The van der Waals surface area contributed by atoms with Gasteiger partial charge in [-0.1, -0.05) is 41.4 Å². The van der Waals surface area contributed by atoms with E-state index in [4.69, 9.17) is 11.6 Å². The number of aryl methyl sites for hydroxylation is 3. The van der Waals surface area contributed by atoms with E-state index in [2.05, 4.69) is 75.2 Å². The Balaban J connectivity index is 2.53. The van der Waals surface area contributed by atoms with E-state index in [1.165, 1.54) is 22.4 Å². The Labute approximate surface area is 157 Å². The molecule has 1 heterocycles. The van der Waals surface area contributed by atoms with Crippen LogP contribution in [-0.2, 0) is 0 Å². The highest BCUT2D eigenvalue weighted by molar-refractivity contribution is 6.31. The Morgan fingerprint density at radius 3 is 2.28 bits per heavy atom. The summed E-state index contributed by atoms with van der Waals surface area (Å²) in [6, 6.07) is 4.49. The van der Waals surface area contributed by atoms with Crippen LogP contribution in [0.5, 0.6) is 0 Å². The fourth-order valence-corrected chi connectivity index (χ4v) is 4.05. The Morgan fingerprint density at radius 2 is 1.80 bits per heavy atom. The topological polar surface area (TPSA) is 6.25 Å². The van der Waals surface area contributed by atoms with Gasteiger partial charge in [0.15, 0.2) is 0 Å². The first kappa shape index (κ1) is 19.5. The van der Waals surface area contributed by atoms with Crippen LogP contribution in [0.25, 0.3) is 0 Å². The molecule has 2 nitrogen and oxygen atoms in total. The van der Waals surface area contributed by atoms with Crippen molar-refractivity contribution < 1.29 is 4.58 Å². The van der Waals surface area contributed by atoms with Crippen LogP contribution in [0.4, 0.5) is 5.69 Å². The molecule has 3 heteroatoms. The van der Waals surface area contributed by atoms with Gasteiger partial charge in [-0.2, -0.15) is 0 Å². The predicted octanol–water partition coefficient (Wildman–Crippen LogP) is 5.85. The minimum absolute atomic E-state index is 0.0608. The normalized spacial score (nSPS) is 17.8. The van der Waals surface area contributed by atoms with E-state index in [-0.39, 0.29) is 5.54 Å². The molecule has 1 aliphatic heterocycles. The van der Waals surface area contributed by atoms with Gasteiger partial charge in [0.25, 0.3) is 0 Å². The third-order valence-electron chi connectivity index (χ3n) is 4.54. The highest BCUT2D eigenvalue weighted by Crippen LogP contribution is 2.33. The van der Waals surface area contributed by atoms with Crippen LogP contribution in [-0.4, -0.2) is 23.0 Å². The zero-order chi connectivity index (χ0) is 18.9. The molecule has 0 spiro atoms. The number of hydrogen-bond donors (Lipinski definition) is 0. The molecule has 0 bridgehead atoms. The SMILES string of the molecule is C=C(C)/C=C(Cl)\C(=C\C)[N+]1=CN(c2c(C)cc(C)cc2C)CC1(C)C. The summed E-state index contributed by atoms with van der Waals surface area (Å²) in [5.41, 5.74) is 7.10. The quantitative estimate of drug-likeness (QED) is 0.483. The fourth-order valence-electron chi connectivity index (χ4n) is 3.66. The third-order valence-corrected chi connectivity index (χ3v) is 4.84. The zero-order valence-electron chi connectivity index (χ0n) is 16.6. The lowest BCUT2D eigenvalue weighted by Crippen LogP contribution is -2.37. The van der Waals surface area contributed by atoms with Gasteiger partial charge in [-0.15, -0.1) is 0 Å². The molecular weight excluding hydrogens is 328 g/mol. The molecule has 1 aliphatic rings. The van der Waals surface area contributed by atoms with Gasteiger partial charge >= 0.3 is 0 Å². The fraction of sp³-hybridized carbons (Fsp3) is 0.409. The largest absolute Gasteiger partial charge is 0.245 e. The Morgan fingerprint density at radius 1 is 1.24 bits per heavy atom. The van der Waals surface area contributed by atoms with E-state index in [0.717, 1.165) is 22.8 Å². The van der Waals surface area contributed by atoms with Crippen LogP contribution in [0.3, 0.4) is 0 Å². The number of hydrogen-bond acceptors (Lipinski definition) is 1. The van der Waals surface area contributed by atoms with Gasteiger partial charge in [0.2, 0.25) is 6.34 Å². The van der Waals surface area contributed by atoms with Crippen molar-refractivity contribution in [1.82, 2.24) is 0 Å². The lowest BCUT2D eigenvalue weighted by Gasteiger charge is -2.21. The molecule has 0 fully saturated rings. The maximum absolute atomic E-state index is 6.58. The van der Waals surface area contributed by atoms with Crippen LogP contribution in [0.2, 0.25) is 0 Å². The number of benzene rings is 1. The molecule has 1 aromatic rings. The summed E-state index contributed by atoms with van der Waals surface area (Å²) in [4.78, 5) is 2.35. The molecule has 0 saturated carbocycles. The summed E-state index contributed by atoms with van der Waals surface area (Å²) in [5.74, 6) is 0. The lowest BCUT2D eigenvalue weighted by molar-refractivity contribution is -0.536. The molecule has 0 N–H and O–H groups in total. The van der Waals surface area contributed by atoms with Crippen molar-refractivity contribution in [1.29, 1.82) is 0 Å². The number of anilines is 1. The second kappa shape index (κ2) is 7.21. The maximum Gasteiger partial charge on any atom is 0.245 e. The Hall–Kier alpha value is -1.80.